The van der Waals surface area contributed by atoms with Crippen molar-refractivity contribution in [3.63, 3.8) is 0 Å². The molecule has 5 N–H and O–H groups in total. The monoisotopic (exact) mass is 562 g/mol. The van der Waals surface area contributed by atoms with Gasteiger partial charge in [0, 0.05) is 53.4 Å². The van der Waals surface area contributed by atoms with Crippen molar-refractivity contribution < 1.29 is 38.7 Å². The van der Waals surface area contributed by atoms with Crippen LogP contribution in [0.15, 0.2) is 30.5 Å². The van der Waals surface area contributed by atoms with Crippen LogP contribution in [0.25, 0.3) is 10.9 Å². The Kier molecular flexibility index (Phi) is 9.06. The van der Waals surface area contributed by atoms with Crippen LogP contribution in [0.5, 0.6) is 5.88 Å². The highest BCUT2D eigenvalue weighted by Crippen LogP contribution is 2.43. The minimum atomic E-state index is -3.15. The molecule has 0 saturated heterocycles. The molecule has 1 aliphatic rings. The first-order valence-electron chi connectivity index (χ1n) is 13.3. The Balaban J connectivity index is 1.73. The number of aliphatic carboxylic acids is 1. The highest BCUT2D eigenvalue weighted by atomic mass is 19.1. The van der Waals surface area contributed by atoms with E-state index in [4.69, 9.17) is 4.74 Å². The number of hydrogen-bond donors (Lipinski definition) is 5. The second-order valence-corrected chi connectivity index (χ2v) is 10.4. The maximum Gasteiger partial charge on any atom is 0.345 e. The van der Waals surface area contributed by atoms with Crippen molar-refractivity contribution >= 4 is 16.9 Å². The summed E-state index contributed by atoms with van der Waals surface area (Å²) in [6, 6.07) is 7.04. The van der Waals surface area contributed by atoms with Gasteiger partial charge < -0.3 is 30.1 Å². The molecule has 3 heterocycles. The van der Waals surface area contributed by atoms with Gasteiger partial charge in [-0.3, -0.25) is 14.1 Å². The van der Waals surface area contributed by atoms with E-state index < -0.39 is 36.5 Å². The normalized spacial score (nSPS) is 18.7. The number of pyridine rings is 1. The number of halogens is 2. The van der Waals surface area contributed by atoms with E-state index >= 15 is 4.39 Å². The predicted octanol–water partition coefficient (Wildman–Crippen LogP) is 2.70. The predicted molar refractivity (Wildman–Crippen MR) is 143 cm³/mol. The molecule has 0 bridgehead atoms. The van der Waals surface area contributed by atoms with Crippen molar-refractivity contribution in [3.8, 4) is 5.88 Å². The minimum absolute atomic E-state index is 0.0291. The lowest BCUT2D eigenvalue weighted by atomic mass is 9.86. The number of alkyl halides is 1. The van der Waals surface area contributed by atoms with Crippen molar-refractivity contribution in [2.45, 2.75) is 51.8 Å². The van der Waals surface area contributed by atoms with Gasteiger partial charge in [0.2, 0.25) is 5.88 Å². The van der Waals surface area contributed by atoms with Gasteiger partial charge in [-0.05, 0) is 38.3 Å². The number of benzene rings is 1. The lowest BCUT2D eigenvalue weighted by molar-refractivity contribution is -0.393. The number of ether oxygens (including phenoxy) is 1. The summed E-state index contributed by atoms with van der Waals surface area (Å²) in [6.07, 6.45) is -1.48. The largest absolute Gasteiger partial charge is 0.481 e. The lowest BCUT2D eigenvalue weighted by Crippen LogP contribution is -2.50. The fourth-order valence-electron chi connectivity index (χ4n) is 5.47. The fourth-order valence-corrected chi connectivity index (χ4v) is 5.47. The van der Waals surface area contributed by atoms with Crippen molar-refractivity contribution in [1.29, 1.82) is 0 Å². The molecule has 218 valence electrons. The van der Waals surface area contributed by atoms with Crippen LogP contribution >= 0.6 is 0 Å². The average molecular weight is 563 g/mol. The number of aromatic amines is 1. The molecule has 1 aliphatic heterocycles. The Morgan fingerprint density at radius 3 is 2.70 bits per heavy atom. The molecule has 40 heavy (non-hydrogen) atoms. The average Bonchev–Trinajstić information content (AvgIpc) is 3.26. The van der Waals surface area contributed by atoms with Crippen molar-refractivity contribution in [2.75, 3.05) is 32.9 Å². The summed E-state index contributed by atoms with van der Waals surface area (Å²) in [5.41, 5.74) is 3.40. The van der Waals surface area contributed by atoms with Gasteiger partial charge in [0.1, 0.15) is 12.4 Å². The van der Waals surface area contributed by atoms with E-state index in [0.29, 0.717) is 12.0 Å². The highest BCUT2D eigenvalue weighted by molar-refractivity contribution is 5.85. The van der Waals surface area contributed by atoms with E-state index in [1.165, 1.54) is 0 Å². The number of fused-ring (bicyclic) bond motifs is 3. The quantitative estimate of drug-likeness (QED) is 0.211. The maximum absolute atomic E-state index is 15.7. The van der Waals surface area contributed by atoms with Crippen LogP contribution in [-0.2, 0) is 11.2 Å². The second-order valence-electron chi connectivity index (χ2n) is 10.4. The standard InChI is InChI=1S/C28H36F2N4O6/c1-16(27(35)36)15-34-17(2)13-20-19-7-4-5-8-22(19)32-24(20)25(34)23-18(3)26(31-14-21(23)30)40-12-11-33(10-6-9-29)28(37,38)39/h4-5,7-8,14,16-17,25,32,37-39H,6,9-13,15H2,1-3H3,(H,35,36)/t16-,17-,25?/m1/s1. The highest BCUT2D eigenvalue weighted by Gasteiger charge is 2.40. The molecule has 3 aromatic rings. The Hall–Kier alpha value is -3.16. The Bertz CT molecular complexity index is 1340. The van der Waals surface area contributed by atoms with Gasteiger partial charge >= 0.3 is 12.1 Å². The molecular weight excluding hydrogens is 526 g/mol. The number of carbonyl (C=O) groups is 1. The zero-order chi connectivity index (χ0) is 29.2. The summed E-state index contributed by atoms with van der Waals surface area (Å²) in [5.74, 6) is -2.13. The van der Waals surface area contributed by atoms with Gasteiger partial charge in [-0.15, -0.1) is 0 Å². The van der Waals surface area contributed by atoms with Crippen LogP contribution in [-0.4, -0.2) is 91.2 Å². The summed E-state index contributed by atoms with van der Waals surface area (Å²) in [6.45, 7) is 4.29. The summed E-state index contributed by atoms with van der Waals surface area (Å²) in [4.78, 5) is 22.2. The number of H-pyrrole nitrogens is 1. The second kappa shape index (κ2) is 12.1. The Labute approximate surface area is 230 Å². The lowest BCUT2D eigenvalue weighted by Gasteiger charge is -2.42. The molecule has 2 aromatic heterocycles. The first-order valence-corrected chi connectivity index (χ1v) is 13.3. The molecule has 1 unspecified atom stereocenters. The van der Waals surface area contributed by atoms with E-state index in [-0.39, 0.29) is 50.1 Å². The summed E-state index contributed by atoms with van der Waals surface area (Å²) >= 11 is 0. The van der Waals surface area contributed by atoms with E-state index in [2.05, 4.69) is 9.97 Å². The minimum Gasteiger partial charge on any atom is -0.481 e. The smallest absolute Gasteiger partial charge is 0.345 e. The first kappa shape index (κ1) is 29.8. The zero-order valence-corrected chi connectivity index (χ0v) is 22.8. The van der Waals surface area contributed by atoms with Crippen molar-refractivity contribution in [3.05, 3.63) is 58.7 Å². The van der Waals surface area contributed by atoms with Crippen LogP contribution in [0.4, 0.5) is 8.78 Å². The molecule has 0 radical (unpaired) electrons. The van der Waals surface area contributed by atoms with Crippen LogP contribution in [0.3, 0.4) is 0 Å². The van der Waals surface area contributed by atoms with E-state index in [0.717, 1.165) is 33.3 Å². The summed E-state index contributed by atoms with van der Waals surface area (Å²) < 4.78 is 34.1. The van der Waals surface area contributed by atoms with Crippen LogP contribution in [0, 0.1) is 18.7 Å². The fraction of sp³-hybridized carbons (Fsp3) is 0.500. The van der Waals surface area contributed by atoms with Crippen LogP contribution < -0.4 is 4.74 Å². The SMILES string of the molecule is Cc1c(OCCN(CCCF)C(O)(O)O)ncc(F)c1C1c2[nH]c3ccccc3c2C[C@@H](C)N1C[C@@H](C)C(=O)O. The molecule has 4 rings (SSSR count). The zero-order valence-electron chi connectivity index (χ0n) is 22.8. The van der Waals surface area contributed by atoms with E-state index in [1.54, 1.807) is 13.8 Å². The Morgan fingerprint density at radius 2 is 2.02 bits per heavy atom. The van der Waals surface area contributed by atoms with Gasteiger partial charge in [0.25, 0.3) is 0 Å². The molecule has 0 saturated carbocycles. The molecule has 0 fully saturated rings. The number of carboxylic acid groups (broad SMARTS) is 1. The number of nitrogens with one attached hydrogen (secondary N) is 1. The van der Waals surface area contributed by atoms with Crippen LogP contribution in [0.2, 0.25) is 0 Å². The third-order valence-electron chi connectivity index (χ3n) is 7.56. The van der Waals surface area contributed by atoms with Gasteiger partial charge in [-0.1, -0.05) is 25.1 Å². The van der Waals surface area contributed by atoms with Crippen LogP contribution in [0.1, 0.15) is 48.7 Å². The topological polar surface area (TPSA) is 142 Å². The molecule has 0 spiro atoms. The maximum atomic E-state index is 15.7. The van der Waals surface area contributed by atoms with E-state index in [1.807, 2.05) is 36.1 Å². The number of rotatable bonds is 12. The molecule has 10 nitrogen and oxygen atoms in total. The summed E-state index contributed by atoms with van der Waals surface area (Å²) in [7, 11) is 0. The van der Waals surface area contributed by atoms with Gasteiger partial charge in [-0.25, -0.2) is 14.3 Å². The number of aromatic nitrogens is 2. The number of carboxylic acids is 1. The number of nitrogens with zero attached hydrogens (tertiary/aromatic N) is 3. The number of hydrogen-bond acceptors (Lipinski definition) is 8. The molecule has 12 heteroatoms. The van der Waals surface area contributed by atoms with Gasteiger partial charge in [0.15, 0.2) is 0 Å². The van der Waals surface area contributed by atoms with Crippen molar-refractivity contribution in [1.82, 2.24) is 19.8 Å². The Morgan fingerprint density at radius 1 is 1.30 bits per heavy atom. The van der Waals surface area contributed by atoms with Crippen molar-refractivity contribution in [2.24, 2.45) is 5.92 Å². The molecule has 3 atom stereocenters. The van der Waals surface area contributed by atoms with Gasteiger partial charge in [-0.2, -0.15) is 0 Å². The number of para-hydroxylation sites is 1. The third-order valence-corrected chi connectivity index (χ3v) is 7.56. The molecule has 0 aliphatic carbocycles. The molecule has 1 aromatic carbocycles. The molecule has 0 amide bonds. The summed E-state index contributed by atoms with van der Waals surface area (Å²) in [5, 5.41) is 39.4. The molecular formula is C28H36F2N4O6. The number of aliphatic hydroxyl groups is 3. The third kappa shape index (κ3) is 6.11. The first-order chi connectivity index (χ1) is 18.9. The van der Waals surface area contributed by atoms with Gasteiger partial charge in [0.05, 0.1) is 24.8 Å². The van der Waals surface area contributed by atoms with E-state index in [9.17, 15) is 29.6 Å².